The van der Waals surface area contributed by atoms with Gasteiger partial charge in [-0.3, -0.25) is 0 Å². The van der Waals surface area contributed by atoms with Gasteiger partial charge in [0.15, 0.2) is 0 Å². The van der Waals surface area contributed by atoms with E-state index in [-0.39, 0.29) is 17.1 Å². The fourth-order valence-corrected chi connectivity index (χ4v) is 2.79. The molecular weight excluding hydrogens is 406 g/mol. The van der Waals surface area contributed by atoms with Gasteiger partial charge in [0, 0.05) is 0 Å². The summed E-state index contributed by atoms with van der Waals surface area (Å²) < 4.78 is 29.3. The van der Waals surface area contributed by atoms with E-state index in [2.05, 4.69) is 36.7 Å². The number of hydrogen-bond acceptors (Lipinski definition) is 6. The third-order valence-corrected chi connectivity index (χ3v) is 4.64. The second kappa shape index (κ2) is 22.6. The van der Waals surface area contributed by atoms with Crippen molar-refractivity contribution >= 4 is 16.5 Å². The van der Waals surface area contributed by atoms with Crippen LogP contribution in [0.3, 0.4) is 0 Å². The molecule has 0 saturated heterocycles. The summed E-state index contributed by atoms with van der Waals surface area (Å²) in [6, 6.07) is 0. The van der Waals surface area contributed by atoms with E-state index in [4.69, 9.17) is 0 Å². The second-order valence-corrected chi connectivity index (χ2v) is 7.28. The van der Waals surface area contributed by atoms with Gasteiger partial charge in [0.1, 0.15) is 13.2 Å². The van der Waals surface area contributed by atoms with E-state index in [1.807, 2.05) is 0 Å². The minimum absolute atomic E-state index is 0. The first-order valence-corrected chi connectivity index (χ1v) is 11.1. The van der Waals surface area contributed by atoms with Crippen LogP contribution in [0.2, 0.25) is 0 Å². The first kappa shape index (κ1) is 30.3. The Hall–Kier alpha value is 0.559. The topological polar surface area (TPSA) is 98.7 Å². The molecule has 0 bridgehead atoms. The van der Waals surface area contributed by atoms with Crippen LogP contribution in [0.15, 0.2) is 0 Å². The van der Waals surface area contributed by atoms with Crippen molar-refractivity contribution in [2.24, 2.45) is 11.8 Å². The van der Waals surface area contributed by atoms with E-state index in [0.29, 0.717) is 25.0 Å². The smallest absolute Gasteiger partial charge is 0.566 e. The van der Waals surface area contributed by atoms with Crippen LogP contribution in [0.25, 0.3) is 0 Å². The van der Waals surface area contributed by atoms with Gasteiger partial charge >= 0.3 is 33.6 Å². The molecule has 0 aromatic heterocycles. The molecule has 0 aromatic rings. The maximum atomic E-state index is 10.1. The van der Waals surface area contributed by atoms with Gasteiger partial charge in [0.25, 0.3) is 0 Å². The van der Waals surface area contributed by atoms with E-state index >= 15 is 0 Å². The second-order valence-electron chi connectivity index (χ2n) is 5.87. The molecule has 0 aliphatic heterocycles. The summed E-state index contributed by atoms with van der Waals surface area (Å²) in [7, 11) is -5.31. The van der Waals surface area contributed by atoms with Crippen molar-refractivity contribution in [1.29, 1.82) is 0 Å². The third kappa shape index (κ3) is 24.6. The molecule has 6 nitrogen and oxygen atoms in total. The number of unbranched alkanes of at least 4 members (excludes halogenated alkanes) is 2. The predicted molar refractivity (Wildman–Crippen MR) is 93.7 cm³/mol. The van der Waals surface area contributed by atoms with Crippen molar-refractivity contribution in [2.75, 3.05) is 13.2 Å². The maximum Gasteiger partial charge on any atom is 2.00 e. The summed E-state index contributed by atoms with van der Waals surface area (Å²) in [5.74, 6) is 0.802. The minimum atomic E-state index is -2.65. The van der Waals surface area contributed by atoms with Crippen LogP contribution in [-0.2, 0) is 35.2 Å². The Labute approximate surface area is 165 Å². The van der Waals surface area contributed by atoms with Crippen LogP contribution in [0.1, 0.15) is 79.1 Å². The molecule has 0 amide bonds. The molecule has 0 fully saturated rings. The quantitative estimate of drug-likeness (QED) is 0.292. The summed E-state index contributed by atoms with van der Waals surface area (Å²) in [6.45, 7) is 9.08. The number of rotatable bonds is 14. The summed E-state index contributed by atoms with van der Waals surface area (Å²) in [6.07, 6.45) is 8.72. The fourth-order valence-electron chi connectivity index (χ4n) is 2.13. The Morgan fingerprint density at radius 1 is 0.760 bits per heavy atom. The van der Waals surface area contributed by atoms with Crippen LogP contribution in [0, 0.1) is 11.8 Å². The summed E-state index contributed by atoms with van der Waals surface area (Å²) in [4.78, 5) is 20.2. The molecule has 150 valence electrons. The fraction of sp³-hybridized carbons (Fsp3) is 1.00. The van der Waals surface area contributed by atoms with Crippen LogP contribution >= 0.6 is 16.5 Å². The Bertz CT molecular complexity index is 291. The summed E-state index contributed by atoms with van der Waals surface area (Å²) in [5.41, 5.74) is 0. The Morgan fingerprint density at radius 2 is 1.08 bits per heavy atom. The van der Waals surface area contributed by atoms with Gasteiger partial charge in [-0.2, -0.15) is 0 Å². The first-order valence-electron chi connectivity index (χ1n) is 8.95. The largest absolute Gasteiger partial charge is 2.00 e. The first-order chi connectivity index (χ1) is 11.4. The van der Waals surface area contributed by atoms with Crippen molar-refractivity contribution in [1.82, 2.24) is 0 Å². The van der Waals surface area contributed by atoms with Gasteiger partial charge in [-0.15, -0.1) is 9.05 Å². The molecule has 0 aliphatic rings. The predicted octanol–water partition coefficient (Wildman–Crippen LogP) is 4.47. The van der Waals surface area contributed by atoms with Gasteiger partial charge < -0.3 is 9.79 Å². The molecule has 0 aromatic carbocycles. The molecule has 0 radical (unpaired) electrons. The van der Waals surface area contributed by atoms with Gasteiger partial charge in [0.05, 0.1) is 0 Å². The van der Waals surface area contributed by atoms with E-state index < -0.39 is 16.5 Å². The molecule has 9 heteroatoms. The number of hydrogen-bond donors (Lipinski definition) is 0. The molecule has 4 atom stereocenters. The van der Waals surface area contributed by atoms with Crippen LogP contribution < -0.4 is 9.79 Å². The molecule has 25 heavy (non-hydrogen) atoms. The van der Waals surface area contributed by atoms with Gasteiger partial charge in [-0.1, -0.05) is 66.2 Å². The van der Waals surface area contributed by atoms with Gasteiger partial charge in [-0.05, 0) is 33.8 Å². The van der Waals surface area contributed by atoms with Gasteiger partial charge in [0.2, 0.25) is 0 Å². The van der Waals surface area contributed by atoms with Crippen LogP contribution in [-0.4, -0.2) is 13.2 Å². The molecule has 0 aliphatic carbocycles. The molecule has 0 saturated carbocycles. The average Bonchev–Trinajstić information content (AvgIpc) is 2.55. The molecule has 0 heterocycles. The minimum Gasteiger partial charge on any atom is -0.566 e. The molecule has 4 unspecified atom stereocenters. The Kier molecular flexibility index (Phi) is 27.4. The van der Waals surface area contributed by atoms with E-state index in [1.165, 1.54) is 0 Å². The molecule has 0 N–H and O–H groups in total. The average molecular weight is 440 g/mol. The Balaban J connectivity index is -0.000000372. The van der Waals surface area contributed by atoms with Crippen LogP contribution in [0.5, 0.6) is 0 Å². The van der Waals surface area contributed by atoms with Crippen LogP contribution in [0.4, 0.5) is 0 Å². The molecule has 0 spiro atoms. The van der Waals surface area contributed by atoms with E-state index in [1.54, 1.807) is 0 Å². The summed E-state index contributed by atoms with van der Waals surface area (Å²) >= 11 is 0. The van der Waals surface area contributed by atoms with Crippen molar-refractivity contribution in [3.8, 4) is 0 Å². The van der Waals surface area contributed by atoms with Crippen molar-refractivity contribution < 1.29 is 45.0 Å². The van der Waals surface area contributed by atoms with Gasteiger partial charge in [-0.25, -0.2) is 0 Å². The standard InChI is InChI=1S/2C8H17O3P.Fe/c2*1-3-5-6-8(4-2)7-11-12(9)10;/h2*8H,3-7H2,1-2H3;/q;;+2. The van der Waals surface area contributed by atoms with E-state index in [9.17, 15) is 18.9 Å². The Morgan fingerprint density at radius 3 is 1.28 bits per heavy atom. The van der Waals surface area contributed by atoms with E-state index in [0.717, 1.165) is 51.4 Å². The molecular formula is C16H34FeO6P2+2. The van der Waals surface area contributed by atoms with Crippen molar-refractivity contribution in [3.05, 3.63) is 0 Å². The zero-order valence-corrected chi connectivity index (χ0v) is 18.8. The van der Waals surface area contributed by atoms with Crippen molar-refractivity contribution in [2.45, 2.75) is 79.1 Å². The van der Waals surface area contributed by atoms with Crippen molar-refractivity contribution in [3.63, 3.8) is 0 Å². The summed E-state index contributed by atoms with van der Waals surface area (Å²) in [5, 5.41) is 0. The zero-order valence-electron chi connectivity index (χ0n) is 15.9. The maximum absolute atomic E-state index is 10.1. The SMILES string of the molecule is CCCCC(CC)CO[P+](=O)[O-].CCCCC(CC)CO[P+](=O)[O-].[Fe+2]. The third-order valence-electron chi connectivity index (χ3n) is 3.92. The monoisotopic (exact) mass is 440 g/mol. The molecule has 0 rings (SSSR count). The zero-order chi connectivity index (χ0) is 18.8. The normalized spacial score (nSPS) is 13.8.